The van der Waals surface area contributed by atoms with Gasteiger partial charge < -0.3 is 25.9 Å². The number of benzene rings is 1. The summed E-state index contributed by atoms with van der Waals surface area (Å²) in [6.07, 6.45) is 2.96. The molecule has 3 aromatic heterocycles. The first-order valence-electron chi connectivity index (χ1n) is 14.8. The number of imidazole rings is 2. The molecule has 0 spiro atoms. The lowest BCUT2D eigenvalue weighted by Gasteiger charge is -2.46. The highest BCUT2D eigenvalue weighted by atomic mass is 16.6. The van der Waals surface area contributed by atoms with Crippen molar-refractivity contribution >= 4 is 28.0 Å². The number of aryl methyl sites for hydroxylation is 1. The first-order chi connectivity index (χ1) is 19.9. The fourth-order valence-electron chi connectivity index (χ4n) is 6.44. The molecule has 4 atom stereocenters. The number of aliphatic hydroxyl groups excluding tert-OH is 2. The summed E-state index contributed by atoms with van der Waals surface area (Å²) >= 11 is 0. The van der Waals surface area contributed by atoms with E-state index in [-0.39, 0.29) is 17.3 Å². The van der Waals surface area contributed by atoms with E-state index in [1.807, 2.05) is 6.07 Å². The van der Waals surface area contributed by atoms with E-state index in [0.29, 0.717) is 41.9 Å². The topological polar surface area (TPSA) is 161 Å². The maximum atomic E-state index is 10.9. The summed E-state index contributed by atoms with van der Waals surface area (Å²) in [5, 5.41) is 32.6. The molecule has 226 valence electrons. The van der Waals surface area contributed by atoms with Crippen molar-refractivity contribution in [1.29, 1.82) is 0 Å². The molecule has 2 fully saturated rings. The summed E-state index contributed by atoms with van der Waals surface area (Å²) in [6.45, 7) is 11.3. The number of rotatable bonds is 8. The molecule has 12 nitrogen and oxygen atoms in total. The molecule has 0 radical (unpaired) electrons. The zero-order valence-corrected chi connectivity index (χ0v) is 24.9. The van der Waals surface area contributed by atoms with Crippen molar-refractivity contribution in [2.75, 3.05) is 12.3 Å². The van der Waals surface area contributed by atoms with Crippen LogP contribution in [0.25, 0.3) is 22.2 Å². The van der Waals surface area contributed by atoms with Crippen LogP contribution >= 0.6 is 0 Å². The van der Waals surface area contributed by atoms with Crippen LogP contribution in [0, 0.1) is 5.92 Å². The standard InChI is InChI=1S/C30H42N8O4/c1-16(2)36(13-22-25(39)26(40)29(42-22)37-15-34-24-27(31)32-14-33-28(24)37)19-10-17(11-19)6-9-23-35-20-12-18(30(3,4)5)7-8-21(20)38(23)41/h7-8,12,14-17,19,22,25-26,29,39-41H,6,9-11,13H2,1-5H3,(H2,31,32,33)/t17-,19-,22-,25-,26-,29-/m1/s1. The van der Waals surface area contributed by atoms with Crippen LogP contribution in [0.3, 0.4) is 0 Å². The van der Waals surface area contributed by atoms with E-state index in [1.165, 1.54) is 22.9 Å². The lowest BCUT2D eigenvalue weighted by atomic mass is 9.76. The predicted molar refractivity (Wildman–Crippen MR) is 158 cm³/mol. The number of anilines is 1. The Kier molecular flexibility index (Phi) is 7.37. The number of fused-ring (bicyclic) bond motifs is 2. The van der Waals surface area contributed by atoms with E-state index in [1.54, 1.807) is 4.57 Å². The number of hydrogen-bond donors (Lipinski definition) is 4. The van der Waals surface area contributed by atoms with Crippen molar-refractivity contribution in [3.8, 4) is 0 Å². The minimum Gasteiger partial charge on any atom is -0.427 e. The molecular weight excluding hydrogens is 536 g/mol. The molecule has 0 amide bonds. The van der Waals surface area contributed by atoms with Gasteiger partial charge in [-0.1, -0.05) is 26.8 Å². The number of hydrogen-bond acceptors (Lipinski definition) is 10. The monoisotopic (exact) mass is 578 g/mol. The Balaban J connectivity index is 1.07. The van der Waals surface area contributed by atoms with Crippen molar-refractivity contribution < 1.29 is 20.2 Å². The van der Waals surface area contributed by atoms with Gasteiger partial charge in [0.15, 0.2) is 17.7 Å². The van der Waals surface area contributed by atoms with E-state index < -0.39 is 24.5 Å². The van der Waals surface area contributed by atoms with Gasteiger partial charge >= 0.3 is 0 Å². The molecule has 1 aliphatic carbocycles. The molecule has 1 saturated heterocycles. The van der Waals surface area contributed by atoms with Gasteiger partial charge in [-0.3, -0.25) is 9.47 Å². The van der Waals surface area contributed by atoms with Gasteiger partial charge in [-0.2, -0.15) is 4.73 Å². The minimum absolute atomic E-state index is 0.0206. The largest absolute Gasteiger partial charge is 0.427 e. The summed E-state index contributed by atoms with van der Waals surface area (Å²) in [6, 6.07) is 6.68. The number of nitrogen functional groups attached to an aromatic ring is 1. The maximum absolute atomic E-state index is 10.9. The fourth-order valence-corrected chi connectivity index (χ4v) is 6.44. The smallest absolute Gasteiger partial charge is 0.167 e. The van der Waals surface area contributed by atoms with Crippen molar-refractivity contribution in [1.82, 2.24) is 34.1 Å². The Morgan fingerprint density at radius 1 is 1.12 bits per heavy atom. The third-order valence-electron chi connectivity index (χ3n) is 9.07. The summed E-state index contributed by atoms with van der Waals surface area (Å²) in [5.74, 6) is 1.47. The molecule has 4 heterocycles. The Bertz CT molecular complexity index is 1570. The van der Waals surface area contributed by atoms with Gasteiger partial charge in [0.1, 0.15) is 41.5 Å². The summed E-state index contributed by atoms with van der Waals surface area (Å²) in [4.78, 5) is 19.6. The van der Waals surface area contributed by atoms with Gasteiger partial charge in [-0.05, 0) is 62.1 Å². The Morgan fingerprint density at radius 3 is 2.60 bits per heavy atom. The third kappa shape index (κ3) is 5.10. The molecule has 1 saturated carbocycles. The second-order valence-corrected chi connectivity index (χ2v) is 13.2. The van der Waals surface area contributed by atoms with E-state index in [9.17, 15) is 15.4 Å². The molecular formula is C30H42N8O4. The first-order valence-corrected chi connectivity index (χ1v) is 14.8. The highest BCUT2D eigenvalue weighted by Crippen LogP contribution is 2.38. The molecule has 0 bridgehead atoms. The number of nitrogens with two attached hydrogens (primary N) is 1. The summed E-state index contributed by atoms with van der Waals surface area (Å²) < 4.78 is 9.07. The molecule has 5 N–H and O–H groups in total. The van der Waals surface area contributed by atoms with E-state index >= 15 is 0 Å². The van der Waals surface area contributed by atoms with E-state index in [4.69, 9.17) is 15.5 Å². The van der Waals surface area contributed by atoms with Crippen LogP contribution in [0.4, 0.5) is 5.82 Å². The molecule has 42 heavy (non-hydrogen) atoms. The number of aromatic nitrogens is 6. The highest BCUT2D eigenvalue weighted by molar-refractivity contribution is 5.81. The maximum Gasteiger partial charge on any atom is 0.167 e. The number of ether oxygens (including phenoxy) is 1. The molecule has 12 heteroatoms. The van der Waals surface area contributed by atoms with E-state index in [2.05, 4.69) is 66.6 Å². The predicted octanol–water partition coefficient (Wildman–Crippen LogP) is 3.03. The molecule has 1 aliphatic heterocycles. The van der Waals surface area contributed by atoms with Crippen LogP contribution in [0.2, 0.25) is 0 Å². The van der Waals surface area contributed by atoms with Gasteiger partial charge in [-0.15, -0.1) is 0 Å². The van der Waals surface area contributed by atoms with Crippen molar-refractivity contribution in [3.63, 3.8) is 0 Å². The van der Waals surface area contributed by atoms with E-state index in [0.717, 1.165) is 30.3 Å². The average Bonchev–Trinajstić information content (AvgIpc) is 3.56. The molecule has 4 aromatic rings. The van der Waals surface area contributed by atoms with Gasteiger partial charge in [0.05, 0.1) is 11.8 Å². The summed E-state index contributed by atoms with van der Waals surface area (Å²) in [7, 11) is 0. The fraction of sp³-hybridized carbons (Fsp3) is 0.600. The Morgan fingerprint density at radius 2 is 1.88 bits per heavy atom. The zero-order valence-electron chi connectivity index (χ0n) is 24.9. The van der Waals surface area contributed by atoms with Crippen molar-refractivity contribution in [2.24, 2.45) is 5.92 Å². The van der Waals surface area contributed by atoms with Gasteiger partial charge in [0.25, 0.3) is 0 Å². The van der Waals surface area contributed by atoms with Crippen LogP contribution in [0.15, 0.2) is 30.9 Å². The van der Waals surface area contributed by atoms with Gasteiger partial charge in [0, 0.05) is 25.0 Å². The molecule has 2 aliphatic rings. The van der Waals surface area contributed by atoms with Crippen LogP contribution in [0.5, 0.6) is 0 Å². The lowest BCUT2D eigenvalue weighted by molar-refractivity contribution is -0.0620. The van der Waals surface area contributed by atoms with Crippen LogP contribution in [-0.4, -0.2) is 86.5 Å². The molecule has 6 rings (SSSR count). The average molecular weight is 579 g/mol. The first kappa shape index (κ1) is 28.8. The van der Waals surface area contributed by atoms with Crippen LogP contribution < -0.4 is 5.73 Å². The normalized spacial score (nSPS) is 26.6. The highest BCUT2D eigenvalue weighted by Gasteiger charge is 2.46. The molecule has 1 aromatic carbocycles. The second-order valence-electron chi connectivity index (χ2n) is 13.2. The Hall–Kier alpha value is -3.32. The van der Waals surface area contributed by atoms with Crippen molar-refractivity contribution in [3.05, 3.63) is 42.2 Å². The number of nitrogens with zero attached hydrogens (tertiary/aromatic N) is 7. The third-order valence-corrected chi connectivity index (χ3v) is 9.07. The lowest BCUT2D eigenvalue weighted by Crippen LogP contribution is -2.52. The SMILES string of the molecule is CC(C)N(C[C@H]1O[C@@H](n2cnc3c(N)ncnc32)[C@H](O)[C@@H]1O)[C@H]1C[C@H](CCc2nc3cc(C(C)(C)C)ccc3n2O)C1. The quantitative estimate of drug-likeness (QED) is 0.229. The summed E-state index contributed by atoms with van der Waals surface area (Å²) in [5.41, 5.74) is 9.59. The van der Waals surface area contributed by atoms with Crippen LogP contribution in [0.1, 0.15) is 71.5 Å². The molecule has 0 unspecified atom stereocenters. The second kappa shape index (κ2) is 10.7. The van der Waals surface area contributed by atoms with Crippen molar-refractivity contribution in [2.45, 2.75) is 102 Å². The number of aliphatic hydroxyl groups is 2. The Labute approximate surface area is 245 Å². The zero-order chi connectivity index (χ0) is 29.9. The van der Waals surface area contributed by atoms with Gasteiger partial charge in [-0.25, -0.2) is 19.9 Å². The van der Waals surface area contributed by atoms with Crippen LogP contribution in [-0.2, 0) is 16.6 Å². The van der Waals surface area contributed by atoms with Gasteiger partial charge in [0.2, 0.25) is 0 Å². The minimum atomic E-state index is -1.14.